The SMILES string of the molecule is FC(F)NC(=S)c1ncc[nH]1. The fraction of sp³-hybridized carbons (Fsp3) is 0.200. The Labute approximate surface area is 66.8 Å². The smallest absolute Gasteiger partial charge is 0.313 e. The molecule has 0 aliphatic rings. The number of thiocarbonyl (C=S) groups is 1. The summed E-state index contributed by atoms with van der Waals surface area (Å²) in [7, 11) is 0. The second-order valence-corrected chi connectivity index (χ2v) is 2.12. The zero-order chi connectivity index (χ0) is 8.27. The van der Waals surface area contributed by atoms with Gasteiger partial charge in [-0.1, -0.05) is 12.2 Å². The van der Waals surface area contributed by atoms with Crippen LogP contribution in [0.4, 0.5) is 8.78 Å². The normalized spacial score (nSPS) is 10.1. The maximum atomic E-state index is 11.6. The number of H-pyrrole nitrogens is 1. The van der Waals surface area contributed by atoms with Gasteiger partial charge in [0.25, 0.3) is 0 Å². The topological polar surface area (TPSA) is 40.7 Å². The van der Waals surface area contributed by atoms with Crippen LogP contribution < -0.4 is 5.32 Å². The van der Waals surface area contributed by atoms with Gasteiger partial charge in [0, 0.05) is 12.4 Å². The summed E-state index contributed by atoms with van der Waals surface area (Å²) in [5.74, 6) is 0.250. The lowest BCUT2D eigenvalue weighted by Crippen LogP contribution is -2.28. The van der Waals surface area contributed by atoms with E-state index in [1.165, 1.54) is 12.4 Å². The Hall–Kier alpha value is -1.04. The number of imidazole rings is 1. The second kappa shape index (κ2) is 3.38. The predicted octanol–water partition coefficient (Wildman–Crippen LogP) is 0.897. The highest BCUT2D eigenvalue weighted by Gasteiger charge is 2.07. The first-order valence-electron chi connectivity index (χ1n) is 2.78. The van der Waals surface area contributed by atoms with E-state index in [4.69, 9.17) is 0 Å². The Balaban J connectivity index is 2.57. The van der Waals surface area contributed by atoms with Crippen LogP contribution in [0.1, 0.15) is 5.82 Å². The Morgan fingerprint density at radius 3 is 2.91 bits per heavy atom. The van der Waals surface area contributed by atoms with Crippen molar-refractivity contribution < 1.29 is 8.78 Å². The molecule has 0 saturated carbocycles. The van der Waals surface area contributed by atoms with Crippen LogP contribution in [-0.2, 0) is 0 Å². The van der Waals surface area contributed by atoms with Gasteiger partial charge in [-0.3, -0.25) is 0 Å². The zero-order valence-electron chi connectivity index (χ0n) is 5.34. The molecule has 3 nitrogen and oxygen atoms in total. The van der Waals surface area contributed by atoms with Gasteiger partial charge < -0.3 is 10.3 Å². The molecule has 0 spiro atoms. The highest BCUT2D eigenvalue weighted by atomic mass is 32.1. The Kier molecular flexibility index (Phi) is 2.48. The van der Waals surface area contributed by atoms with Crippen molar-refractivity contribution in [2.24, 2.45) is 0 Å². The third-order valence-electron chi connectivity index (χ3n) is 0.954. The number of nitrogens with one attached hydrogen (secondary N) is 2. The van der Waals surface area contributed by atoms with Crippen molar-refractivity contribution in [3.8, 4) is 0 Å². The molecule has 1 heterocycles. The summed E-state index contributed by atoms with van der Waals surface area (Å²) in [5.41, 5.74) is 0. The van der Waals surface area contributed by atoms with Crippen LogP contribution >= 0.6 is 12.2 Å². The molecule has 0 bridgehead atoms. The minimum atomic E-state index is -2.65. The van der Waals surface area contributed by atoms with E-state index >= 15 is 0 Å². The molecule has 2 N–H and O–H groups in total. The highest BCUT2D eigenvalue weighted by molar-refractivity contribution is 7.80. The van der Waals surface area contributed by atoms with Crippen molar-refractivity contribution in [2.45, 2.75) is 6.55 Å². The van der Waals surface area contributed by atoms with Crippen LogP contribution in [0.25, 0.3) is 0 Å². The van der Waals surface area contributed by atoms with Gasteiger partial charge in [-0.25, -0.2) is 4.98 Å². The average molecular weight is 177 g/mol. The van der Waals surface area contributed by atoms with Crippen molar-refractivity contribution in [3.05, 3.63) is 18.2 Å². The van der Waals surface area contributed by atoms with Gasteiger partial charge in [0.05, 0.1) is 0 Å². The molecule has 0 radical (unpaired) electrons. The molecule has 11 heavy (non-hydrogen) atoms. The van der Waals surface area contributed by atoms with Crippen LogP contribution in [-0.4, -0.2) is 21.5 Å². The maximum Gasteiger partial charge on any atom is 0.313 e. The first kappa shape index (κ1) is 8.06. The molecule has 0 aliphatic carbocycles. The van der Waals surface area contributed by atoms with E-state index in [1.54, 1.807) is 5.32 Å². The van der Waals surface area contributed by atoms with Crippen LogP contribution in [0.5, 0.6) is 0 Å². The van der Waals surface area contributed by atoms with Gasteiger partial charge in [0.15, 0.2) is 5.82 Å². The Morgan fingerprint density at radius 2 is 2.45 bits per heavy atom. The summed E-state index contributed by atoms with van der Waals surface area (Å²) in [4.78, 5) is 6.19. The minimum Gasteiger partial charge on any atom is -0.343 e. The molecule has 1 aromatic rings. The number of hydrogen-bond donors (Lipinski definition) is 2. The first-order valence-corrected chi connectivity index (χ1v) is 3.19. The molecule has 6 heteroatoms. The van der Waals surface area contributed by atoms with Crippen LogP contribution in [0.3, 0.4) is 0 Å². The molecule has 1 aromatic heterocycles. The van der Waals surface area contributed by atoms with E-state index in [9.17, 15) is 8.78 Å². The van der Waals surface area contributed by atoms with E-state index < -0.39 is 6.55 Å². The quantitative estimate of drug-likeness (QED) is 0.521. The van der Waals surface area contributed by atoms with E-state index in [0.29, 0.717) is 0 Å². The van der Waals surface area contributed by atoms with Crippen molar-refractivity contribution in [3.63, 3.8) is 0 Å². The molecule has 0 unspecified atom stereocenters. The van der Waals surface area contributed by atoms with Crippen molar-refractivity contribution >= 4 is 17.2 Å². The van der Waals surface area contributed by atoms with E-state index in [1.807, 2.05) is 0 Å². The lowest BCUT2D eigenvalue weighted by atomic mass is 10.6. The largest absolute Gasteiger partial charge is 0.343 e. The third-order valence-corrected chi connectivity index (χ3v) is 1.26. The Morgan fingerprint density at radius 1 is 1.73 bits per heavy atom. The van der Waals surface area contributed by atoms with E-state index in [2.05, 4.69) is 22.2 Å². The van der Waals surface area contributed by atoms with Crippen LogP contribution in [0.2, 0.25) is 0 Å². The average Bonchev–Trinajstić information content (AvgIpc) is 2.35. The molecule has 0 aromatic carbocycles. The van der Waals surface area contributed by atoms with Crippen molar-refractivity contribution in [1.82, 2.24) is 15.3 Å². The third kappa shape index (κ3) is 2.23. The summed E-state index contributed by atoms with van der Waals surface area (Å²) >= 11 is 4.57. The molecule has 0 aliphatic heterocycles. The van der Waals surface area contributed by atoms with Crippen molar-refractivity contribution in [1.29, 1.82) is 0 Å². The summed E-state index contributed by atoms with van der Waals surface area (Å²) in [6, 6.07) is 0. The fourth-order valence-electron chi connectivity index (χ4n) is 0.557. The first-order chi connectivity index (χ1) is 5.20. The lowest BCUT2D eigenvalue weighted by molar-refractivity contribution is 0.133. The fourth-order valence-corrected chi connectivity index (χ4v) is 0.758. The summed E-state index contributed by atoms with van der Waals surface area (Å²) in [5, 5.41) is 1.75. The van der Waals surface area contributed by atoms with Gasteiger partial charge in [0.2, 0.25) is 0 Å². The predicted molar refractivity (Wildman–Crippen MR) is 39.4 cm³/mol. The van der Waals surface area contributed by atoms with E-state index in [-0.39, 0.29) is 10.8 Å². The van der Waals surface area contributed by atoms with Crippen molar-refractivity contribution in [2.75, 3.05) is 0 Å². The van der Waals surface area contributed by atoms with Gasteiger partial charge in [-0.15, -0.1) is 0 Å². The Bertz CT molecular complexity index is 234. The summed E-state index contributed by atoms with van der Waals surface area (Å²) in [6.45, 7) is -2.65. The van der Waals surface area contributed by atoms with Gasteiger partial charge >= 0.3 is 6.55 Å². The molecule has 60 valence electrons. The van der Waals surface area contributed by atoms with E-state index in [0.717, 1.165) is 0 Å². The number of alkyl halides is 2. The standard InChI is InChI=1S/C5H5F2N3S/c6-5(7)10-4(11)3-8-1-2-9-3/h1-2,5H,(H,8,9)(H,10,11). The summed E-state index contributed by atoms with van der Waals surface area (Å²) < 4.78 is 23.3. The molecular formula is C5H5F2N3S. The number of halogens is 2. The molecule has 0 fully saturated rings. The minimum absolute atomic E-state index is 0.0787. The highest BCUT2D eigenvalue weighted by Crippen LogP contribution is 1.93. The summed E-state index contributed by atoms with van der Waals surface area (Å²) in [6.07, 6.45) is 2.95. The molecule has 0 amide bonds. The number of rotatable bonds is 2. The second-order valence-electron chi connectivity index (χ2n) is 1.71. The lowest BCUT2D eigenvalue weighted by Gasteiger charge is -2.01. The molecular weight excluding hydrogens is 172 g/mol. The molecule has 0 saturated heterocycles. The zero-order valence-corrected chi connectivity index (χ0v) is 6.16. The van der Waals surface area contributed by atoms with Crippen LogP contribution in [0.15, 0.2) is 12.4 Å². The van der Waals surface area contributed by atoms with Gasteiger partial charge in [-0.05, 0) is 0 Å². The van der Waals surface area contributed by atoms with Gasteiger partial charge in [-0.2, -0.15) is 8.78 Å². The number of nitrogens with zero attached hydrogens (tertiary/aromatic N) is 1. The number of aromatic nitrogens is 2. The molecule has 0 atom stereocenters. The number of hydrogen-bond acceptors (Lipinski definition) is 2. The molecule has 1 rings (SSSR count). The van der Waals surface area contributed by atoms with Crippen LogP contribution in [0, 0.1) is 0 Å². The monoisotopic (exact) mass is 177 g/mol. The van der Waals surface area contributed by atoms with Gasteiger partial charge in [0.1, 0.15) is 4.99 Å². The maximum absolute atomic E-state index is 11.6. The number of aromatic amines is 1.